The van der Waals surface area contributed by atoms with Crippen molar-refractivity contribution in [3.8, 4) is 0 Å². The van der Waals surface area contributed by atoms with E-state index in [1.807, 2.05) is 0 Å². The summed E-state index contributed by atoms with van der Waals surface area (Å²) in [6.07, 6.45) is 0.261. The lowest BCUT2D eigenvalue weighted by Gasteiger charge is -2.06. The summed E-state index contributed by atoms with van der Waals surface area (Å²) in [6.45, 7) is 1.55. The van der Waals surface area contributed by atoms with Crippen molar-refractivity contribution in [2.45, 2.75) is 11.8 Å². The van der Waals surface area contributed by atoms with Gasteiger partial charge < -0.3 is 4.79 Å². The number of non-ortho nitro benzene ring substituents is 1. The minimum atomic E-state index is -3.70. The Bertz CT molecular complexity index is 599. The Hall–Kier alpha value is -1.12. The summed E-state index contributed by atoms with van der Waals surface area (Å²) >= 11 is 5.79. The predicted octanol–water partition coefficient (Wildman–Crippen LogP) is 2.18. The number of hydrogen-bond donors (Lipinski definition) is 0. The monoisotopic (exact) mass is 309 g/mol. The number of halogens is 1. The zero-order valence-corrected chi connectivity index (χ0v) is 11.5. The molecule has 0 spiro atoms. The fourth-order valence-corrected chi connectivity index (χ4v) is 3.98. The molecule has 1 aromatic rings. The first kappa shape index (κ1) is 14.9. The third-order valence-electron chi connectivity index (χ3n) is 1.98. The van der Waals surface area contributed by atoms with Gasteiger partial charge in [0.1, 0.15) is 12.0 Å². The van der Waals surface area contributed by atoms with E-state index in [2.05, 4.69) is 0 Å². The second-order valence-electron chi connectivity index (χ2n) is 3.28. The van der Waals surface area contributed by atoms with E-state index < -0.39 is 19.5 Å². The molecule has 0 fully saturated rings. The molecule has 0 aliphatic heterocycles. The number of carbonyl (C=O) groups is 1. The molecular formula is C9H8ClNO5S2. The van der Waals surface area contributed by atoms with Crippen molar-refractivity contribution < 1.29 is 18.1 Å². The summed E-state index contributed by atoms with van der Waals surface area (Å²) in [4.78, 5) is 20.3. The molecule has 6 nitrogen and oxygen atoms in total. The van der Waals surface area contributed by atoms with Crippen LogP contribution in [-0.2, 0) is 13.7 Å². The molecule has 0 bridgehead atoms. The number of hydrogen-bond acceptors (Lipinski definition) is 6. The number of aldehydes is 1. The number of carbonyl (C=O) groups excluding carboxylic acids is 1. The maximum Gasteiger partial charge on any atom is 0.272 e. The summed E-state index contributed by atoms with van der Waals surface area (Å²) in [5.74, 6) is -0.655. The Morgan fingerprint density at radius 1 is 1.50 bits per heavy atom. The normalized spacial score (nSPS) is 11.2. The van der Waals surface area contributed by atoms with Crippen molar-refractivity contribution in [2.24, 2.45) is 0 Å². The smallest absolute Gasteiger partial charge is 0.272 e. The first-order chi connectivity index (χ1) is 8.26. The van der Waals surface area contributed by atoms with Crippen molar-refractivity contribution in [1.82, 2.24) is 0 Å². The van der Waals surface area contributed by atoms with Gasteiger partial charge in [-0.25, -0.2) is 8.42 Å². The minimum absolute atomic E-state index is 0.105. The minimum Gasteiger partial charge on any atom is -0.302 e. The third kappa shape index (κ3) is 3.69. The topological polar surface area (TPSA) is 94.3 Å². The van der Waals surface area contributed by atoms with Crippen molar-refractivity contribution in [2.75, 3.05) is 5.75 Å². The van der Waals surface area contributed by atoms with Gasteiger partial charge in [0.2, 0.25) is 8.87 Å². The molecule has 0 saturated heterocycles. The van der Waals surface area contributed by atoms with Gasteiger partial charge in [-0.3, -0.25) is 10.1 Å². The molecule has 9 heteroatoms. The average Bonchev–Trinajstić information content (AvgIpc) is 2.23. The second kappa shape index (κ2) is 5.68. The van der Waals surface area contributed by atoms with Crippen LogP contribution in [-0.4, -0.2) is 25.4 Å². The van der Waals surface area contributed by atoms with Crippen LogP contribution in [0.4, 0.5) is 5.69 Å². The molecule has 0 radical (unpaired) electrons. The Morgan fingerprint density at radius 2 is 2.11 bits per heavy atom. The zero-order valence-electron chi connectivity index (χ0n) is 9.12. The maximum absolute atomic E-state index is 11.5. The third-order valence-corrected chi connectivity index (χ3v) is 5.48. The summed E-state index contributed by atoms with van der Waals surface area (Å²) in [6, 6.07) is 2.27. The van der Waals surface area contributed by atoms with Crippen LogP contribution in [0.3, 0.4) is 0 Å². The number of nitro benzene ring substituents is 1. The summed E-state index contributed by atoms with van der Waals surface area (Å²) in [7, 11) is -3.30. The number of rotatable bonds is 5. The lowest BCUT2D eigenvalue weighted by molar-refractivity contribution is -0.385. The van der Waals surface area contributed by atoms with Gasteiger partial charge in [0, 0.05) is 27.8 Å². The van der Waals surface area contributed by atoms with Crippen LogP contribution in [0.2, 0.25) is 5.02 Å². The lowest BCUT2D eigenvalue weighted by atomic mass is 10.2. The van der Waals surface area contributed by atoms with Crippen LogP contribution in [0.15, 0.2) is 17.0 Å². The standard InChI is InChI=1S/C9H8ClNO5S2/c1-6-8(10)4-7(11(13)14)5-9(6)17-18(15,16)3-2-12/h2,4-5H,3H2,1H3. The Balaban J connectivity index is 3.24. The Morgan fingerprint density at radius 3 is 2.61 bits per heavy atom. The molecule has 0 aliphatic carbocycles. The van der Waals surface area contributed by atoms with Gasteiger partial charge in [0.15, 0.2) is 0 Å². The van der Waals surface area contributed by atoms with Gasteiger partial charge in [-0.1, -0.05) is 11.6 Å². The highest BCUT2D eigenvalue weighted by molar-refractivity contribution is 8.72. The van der Waals surface area contributed by atoms with Crippen LogP contribution >= 0.6 is 22.4 Å². The Kier molecular flexibility index (Phi) is 4.71. The molecule has 0 aromatic heterocycles. The van der Waals surface area contributed by atoms with E-state index in [4.69, 9.17) is 11.6 Å². The quantitative estimate of drug-likeness (QED) is 0.358. The van der Waals surface area contributed by atoms with E-state index >= 15 is 0 Å². The van der Waals surface area contributed by atoms with Crippen LogP contribution in [0, 0.1) is 17.0 Å². The average molecular weight is 310 g/mol. The van der Waals surface area contributed by atoms with Crippen molar-refractivity contribution in [3.05, 3.63) is 32.8 Å². The first-order valence-electron chi connectivity index (χ1n) is 4.57. The molecule has 1 rings (SSSR count). The summed E-state index contributed by atoms with van der Waals surface area (Å²) in [5, 5.41) is 10.7. The summed E-state index contributed by atoms with van der Waals surface area (Å²) in [5.41, 5.74) is 0.121. The van der Waals surface area contributed by atoms with Crippen molar-refractivity contribution >= 4 is 43.2 Å². The van der Waals surface area contributed by atoms with Crippen LogP contribution in [0.1, 0.15) is 5.56 Å². The fraction of sp³-hybridized carbons (Fsp3) is 0.222. The molecule has 18 heavy (non-hydrogen) atoms. The highest BCUT2D eigenvalue weighted by Crippen LogP contribution is 2.35. The number of nitro groups is 1. The van der Waals surface area contributed by atoms with Gasteiger partial charge in [0.05, 0.1) is 9.95 Å². The van der Waals surface area contributed by atoms with Crippen LogP contribution < -0.4 is 0 Å². The molecule has 0 unspecified atom stereocenters. The van der Waals surface area contributed by atoms with E-state index in [9.17, 15) is 23.3 Å². The molecule has 0 N–H and O–H groups in total. The van der Waals surface area contributed by atoms with E-state index in [1.165, 1.54) is 0 Å². The number of nitrogens with zero attached hydrogens (tertiary/aromatic N) is 1. The fourth-order valence-electron chi connectivity index (χ4n) is 1.09. The van der Waals surface area contributed by atoms with Crippen molar-refractivity contribution in [1.29, 1.82) is 0 Å². The van der Waals surface area contributed by atoms with Crippen LogP contribution in [0.25, 0.3) is 0 Å². The molecule has 0 atom stereocenters. The van der Waals surface area contributed by atoms with Gasteiger partial charge in [-0.05, 0) is 12.5 Å². The van der Waals surface area contributed by atoms with Gasteiger partial charge >= 0.3 is 0 Å². The van der Waals surface area contributed by atoms with E-state index in [-0.39, 0.29) is 21.9 Å². The molecule has 1 aromatic carbocycles. The van der Waals surface area contributed by atoms with Gasteiger partial charge in [0.25, 0.3) is 5.69 Å². The largest absolute Gasteiger partial charge is 0.302 e. The lowest BCUT2D eigenvalue weighted by Crippen LogP contribution is -2.02. The summed E-state index contributed by atoms with van der Waals surface area (Å²) < 4.78 is 22.9. The predicted molar refractivity (Wildman–Crippen MR) is 68.6 cm³/mol. The molecule has 0 aliphatic rings. The Labute approximate surface area is 112 Å². The van der Waals surface area contributed by atoms with Crippen molar-refractivity contribution in [3.63, 3.8) is 0 Å². The van der Waals surface area contributed by atoms with Crippen LogP contribution in [0.5, 0.6) is 0 Å². The molecule has 0 heterocycles. The number of benzene rings is 1. The highest BCUT2D eigenvalue weighted by Gasteiger charge is 2.19. The molecule has 0 amide bonds. The highest BCUT2D eigenvalue weighted by atomic mass is 35.5. The van der Waals surface area contributed by atoms with E-state index in [0.29, 0.717) is 16.4 Å². The molecule has 98 valence electrons. The van der Waals surface area contributed by atoms with Gasteiger partial charge in [-0.15, -0.1) is 0 Å². The SMILES string of the molecule is Cc1c(Cl)cc([N+](=O)[O-])cc1SS(=O)(=O)CC=O. The zero-order chi connectivity index (χ0) is 13.9. The van der Waals surface area contributed by atoms with E-state index in [0.717, 1.165) is 12.1 Å². The maximum atomic E-state index is 11.5. The second-order valence-corrected chi connectivity index (χ2v) is 7.77. The molecule has 0 saturated carbocycles. The van der Waals surface area contributed by atoms with E-state index in [1.54, 1.807) is 6.92 Å². The first-order valence-corrected chi connectivity index (χ1v) is 7.93. The van der Waals surface area contributed by atoms with Gasteiger partial charge in [-0.2, -0.15) is 0 Å². The molecular weight excluding hydrogens is 302 g/mol.